The van der Waals surface area contributed by atoms with Gasteiger partial charge in [0, 0.05) is 23.5 Å². The molecule has 8 heteroatoms. The van der Waals surface area contributed by atoms with Gasteiger partial charge in [-0.25, -0.2) is 4.98 Å². The summed E-state index contributed by atoms with van der Waals surface area (Å²) in [6.07, 6.45) is 2.00. The summed E-state index contributed by atoms with van der Waals surface area (Å²) in [5.74, 6) is 0.907. The smallest absolute Gasteiger partial charge is 0.246 e. The van der Waals surface area contributed by atoms with Crippen molar-refractivity contribution in [1.82, 2.24) is 14.9 Å². The van der Waals surface area contributed by atoms with Crippen LogP contribution in [-0.2, 0) is 16.0 Å². The lowest BCUT2D eigenvalue weighted by molar-refractivity contribution is -0.129. The van der Waals surface area contributed by atoms with Gasteiger partial charge in [0.1, 0.15) is 6.54 Å². The van der Waals surface area contributed by atoms with Crippen molar-refractivity contribution in [3.63, 3.8) is 0 Å². The van der Waals surface area contributed by atoms with Crippen molar-refractivity contribution in [2.75, 3.05) is 25.7 Å². The van der Waals surface area contributed by atoms with Crippen molar-refractivity contribution in [3.05, 3.63) is 90.6 Å². The van der Waals surface area contributed by atoms with Crippen LogP contribution in [-0.4, -0.2) is 48.2 Å². The number of benzene rings is 3. The van der Waals surface area contributed by atoms with Crippen molar-refractivity contribution in [2.24, 2.45) is 0 Å². The molecule has 0 atom stereocenters. The maximum absolute atomic E-state index is 13.0. The first-order valence-electron chi connectivity index (χ1n) is 12.4. The second-order valence-electron chi connectivity index (χ2n) is 9.06. The number of rotatable bonds is 10. The Hall–Kier alpha value is -4.59. The van der Waals surface area contributed by atoms with E-state index in [1.807, 2.05) is 90.2 Å². The van der Waals surface area contributed by atoms with E-state index in [1.165, 1.54) is 7.11 Å². The van der Waals surface area contributed by atoms with Crippen LogP contribution in [0.15, 0.2) is 85.1 Å². The molecule has 196 valence electrons. The summed E-state index contributed by atoms with van der Waals surface area (Å²) in [5, 5.41) is 2.52. The molecule has 3 aromatic carbocycles. The van der Waals surface area contributed by atoms with Crippen LogP contribution in [0.5, 0.6) is 11.5 Å². The lowest BCUT2D eigenvalue weighted by atomic mass is 10.1. The lowest BCUT2D eigenvalue weighted by Gasteiger charge is -2.27. The fourth-order valence-corrected chi connectivity index (χ4v) is 4.15. The van der Waals surface area contributed by atoms with Gasteiger partial charge in [0.05, 0.1) is 26.3 Å². The van der Waals surface area contributed by atoms with Gasteiger partial charge in [0.2, 0.25) is 17.8 Å². The van der Waals surface area contributed by atoms with Gasteiger partial charge in [-0.15, -0.1) is 0 Å². The molecule has 0 saturated carbocycles. The van der Waals surface area contributed by atoms with Gasteiger partial charge in [-0.1, -0.05) is 54.6 Å². The Labute approximate surface area is 222 Å². The van der Waals surface area contributed by atoms with Crippen molar-refractivity contribution in [1.29, 1.82) is 0 Å². The highest BCUT2D eigenvalue weighted by atomic mass is 16.5. The molecule has 0 aliphatic heterocycles. The SMILES string of the molecule is COc1ccc(CC(=O)NC(=O)CN(c2nc(-c3ccccc3)cn2-c2ccccc2)C(C)C)cc1OC. The monoisotopic (exact) mass is 512 g/mol. The molecule has 2 amide bonds. The maximum Gasteiger partial charge on any atom is 0.246 e. The molecule has 0 unspecified atom stereocenters. The molecule has 1 aromatic heterocycles. The summed E-state index contributed by atoms with van der Waals surface area (Å²) >= 11 is 0. The first-order valence-corrected chi connectivity index (χ1v) is 12.4. The Morgan fingerprint density at radius 3 is 2.18 bits per heavy atom. The topological polar surface area (TPSA) is 85.7 Å². The maximum atomic E-state index is 13.0. The Bertz CT molecular complexity index is 1380. The number of hydrogen-bond acceptors (Lipinski definition) is 6. The van der Waals surface area contributed by atoms with E-state index in [0.717, 1.165) is 16.9 Å². The van der Waals surface area contributed by atoms with Gasteiger partial charge in [-0.05, 0) is 43.7 Å². The Morgan fingerprint density at radius 2 is 1.55 bits per heavy atom. The number of carbonyl (C=O) groups excluding carboxylic acids is 2. The molecule has 8 nitrogen and oxygen atoms in total. The Morgan fingerprint density at radius 1 is 0.895 bits per heavy atom. The van der Waals surface area contributed by atoms with Crippen LogP contribution in [0.3, 0.4) is 0 Å². The first kappa shape index (κ1) is 26.5. The number of carbonyl (C=O) groups is 2. The van der Waals surface area contributed by atoms with Crippen LogP contribution >= 0.6 is 0 Å². The summed E-state index contributed by atoms with van der Waals surface area (Å²) < 4.78 is 12.5. The van der Waals surface area contributed by atoms with Gasteiger partial charge in [0.25, 0.3) is 0 Å². The highest BCUT2D eigenvalue weighted by Gasteiger charge is 2.23. The number of nitrogens with zero attached hydrogens (tertiary/aromatic N) is 3. The largest absolute Gasteiger partial charge is 0.493 e. The van der Waals surface area contributed by atoms with Crippen LogP contribution in [0.4, 0.5) is 5.95 Å². The van der Waals surface area contributed by atoms with Gasteiger partial charge in [-0.3, -0.25) is 19.5 Å². The number of hydrogen-bond donors (Lipinski definition) is 1. The summed E-state index contributed by atoms with van der Waals surface area (Å²) in [4.78, 5) is 32.5. The molecule has 0 fully saturated rings. The molecule has 0 spiro atoms. The van der Waals surface area contributed by atoms with Crippen molar-refractivity contribution in [2.45, 2.75) is 26.3 Å². The van der Waals surface area contributed by atoms with Crippen molar-refractivity contribution in [3.8, 4) is 28.4 Å². The van der Waals surface area contributed by atoms with E-state index in [9.17, 15) is 9.59 Å². The zero-order valence-electron chi connectivity index (χ0n) is 22.0. The molecule has 0 saturated heterocycles. The number of anilines is 1. The standard InChI is InChI=1S/C30H32N4O4/c1-21(2)33(20-29(36)32-28(35)18-22-15-16-26(37-3)27(17-22)38-4)30-31-25(23-11-7-5-8-12-23)19-34(30)24-13-9-6-10-14-24/h5-17,19,21H,18,20H2,1-4H3,(H,32,35,36). The second-order valence-corrected chi connectivity index (χ2v) is 9.06. The van der Waals surface area contributed by atoms with Crippen LogP contribution < -0.4 is 19.7 Å². The average molecular weight is 513 g/mol. The normalized spacial score (nSPS) is 10.8. The van der Waals surface area contributed by atoms with Crippen molar-refractivity contribution < 1.29 is 19.1 Å². The van der Waals surface area contributed by atoms with E-state index in [-0.39, 0.29) is 19.0 Å². The minimum absolute atomic E-state index is 0.0323. The second kappa shape index (κ2) is 12.1. The molecule has 0 radical (unpaired) electrons. The predicted molar refractivity (Wildman–Crippen MR) is 148 cm³/mol. The molecule has 4 rings (SSSR count). The third-order valence-corrected chi connectivity index (χ3v) is 6.08. The number of amides is 2. The molecular formula is C30H32N4O4. The average Bonchev–Trinajstić information content (AvgIpc) is 3.37. The molecular weight excluding hydrogens is 480 g/mol. The Kier molecular flexibility index (Phi) is 8.43. The van der Waals surface area contributed by atoms with E-state index in [1.54, 1.807) is 25.3 Å². The van der Waals surface area contributed by atoms with Crippen LogP contribution in [0.1, 0.15) is 19.4 Å². The highest BCUT2D eigenvalue weighted by molar-refractivity contribution is 5.98. The molecule has 4 aromatic rings. The number of aromatic nitrogens is 2. The Balaban J connectivity index is 1.55. The number of imidazole rings is 1. The zero-order chi connectivity index (χ0) is 27.1. The fourth-order valence-electron chi connectivity index (χ4n) is 4.15. The van der Waals surface area contributed by atoms with Gasteiger partial charge in [0.15, 0.2) is 11.5 Å². The summed E-state index contributed by atoms with van der Waals surface area (Å²) in [7, 11) is 3.09. The van der Waals surface area contributed by atoms with E-state index in [0.29, 0.717) is 23.0 Å². The fraction of sp³-hybridized carbons (Fsp3) is 0.233. The zero-order valence-corrected chi connectivity index (χ0v) is 22.0. The van der Waals surface area contributed by atoms with Crippen molar-refractivity contribution >= 4 is 17.8 Å². The highest BCUT2D eigenvalue weighted by Crippen LogP contribution is 2.29. The van der Waals surface area contributed by atoms with Crippen LogP contribution in [0, 0.1) is 0 Å². The van der Waals surface area contributed by atoms with Gasteiger partial charge >= 0.3 is 0 Å². The van der Waals surface area contributed by atoms with Gasteiger partial charge < -0.3 is 14.4 Å². The summed E-state index contributed by atoms with van der Waals surface area (Å²) in [6.45, 7) is 3.95. The minimum atomic E-state index is -0.409. The van der Waals surface area contributed by atoms with Gasteiger partial charge in [-0.2, -0.15) is 0 Å². The number of ether oxygens (including phenoxy) is 2. The van der Waals surface area contributed by atoms with Crippen LogP contribution in [0.25, 0.3) is 16.9 Å². The van der Waals surface area contributed by atoms with E-state index < -0.39 is 11.8 Å². The quantitative estimate of drug-likeness (QED) is 0.333. The number of methoxy groups -OCH3 is 2. The molecule has 0 bridgehead atoms. The molecule has 38 heavy (non-hydrogen) atoms. The number of nitrogens with one attached hydrogen (secondary N) is 1. The molecule has 1 heterocycles. The lowest BCUT2D eigenvalue weighted by Crippen LogP contribution is -2.44. The number of imide groups is 1. The van der Waals surface area contributed by atoms with E-state index in [4.69, 9.17) is 14.5 Å². The molecule has 1 N–H and O–H groups in total. The molecule has 0 aliphatic carbocycles. The minimum Gasteiger partial charge on any atom is -0.493 e. The summed E-state index contributed by atoms with van der Waals surface area (Å²) in [6, 6.07) is 24.9. The first-order chi connectivity index (χ1) is 18.4. The van der Waals surface area contributed by atoms with E-state index >= 15 is 0 Å². The third-order valence-electron chi connectivity index (χ3n) is 6.08. The summed E-state index contributed by atoms with van der Waals surface area (Å²) in [5.41, 5.74) is 3.40. The van der Waals surface area contributed by atoms with E-state index in [2.05, 4.69) is 5.32 Å². The number of para-hydroxylation sites is 1. The third kappa shape index (κ3) is 6.21. The molecule has 0 aliphatic rings. The van der Waals surface area contributed by atoms with Crippen LogP contribution in [0.2, 0.25) is 0 Å². The predicted octanol–water partition coefficient (Wildman–Crippen LogP) is 4.66.